The third kappa shape index (κ3) is 1.53. The molecular weight excluding hydrogens is 174 g/mol. The van der Waals surface area contributed by atoms with E-state index in [1.54, 1.807) is 18.5 Å². The van der Waals surface area contributed by atoms with E-state index >= 15 is 0 Å². The summed E-state index contributed by atoms with van der Waals surface area (Å²) in [4.78, 5) is 3.95. The van der Waals surface area contributed by atoms with Gasteiger partial charge in [-0.25, -0.2) is 0 Å². The van der Waals surface area contributed by atoms with E-state index in [0.29, 0.717) is 16.9 Å². The van der Waals surface area contributed by atoms with E-state index in [1.165, 1.54) is 6.42 Å². The number of ether oxygens (including phenoxy) is 1. The highest BCUT2D eigenvalue weighted by Crippen LogP contribution is 2.29. The zero-order valence-corrected chi connectivity index (χ0v) is 7.42. The van der Waals surface area contributed by atoms with Crippen LogP contribution in [-0.4, -0.2) is 11.1 Å². The van der Waals surface area contributed by atoms with Crippen LogP contribution in [0.1, 0.15) is 19.3 Å². The van der Waals surface area contributed by atoms with Gasteiger partial charge in [-0.05, 0) is 25.3 Å². The maximum Gasteiger partial charge on any atom is 0.156 e. The van der Waals surface area contributed by atoms with Crippen LogP contribution in [0.15, 0.2) is 18.5 Å². The SMILES string of the molecule is Clc1ccncc1OC1CCC1. The average Bonchev–Trinajstić information content (AvgIpc) is 2.00. The molecule has 0 spiro atoms. The summed E-state index contributed by atoms with van der Waals surface area (Å²) in [6.07, 6.45) is 7.25. The molecule has 3 heteroatoms. The Hall–Kier alpha value is -0.760. The Kier molecular flexibility index (Phi) is 2.17. The Labute approximate surface area is 76.5 Å². The van der Waals surface area contributed by atoms with Gasteiger partial charge in [-0.2, -0.15) is 0 Å². The van der Waals surface area contributed by atoms with E-state index in [-0.39, 0.29) is 0 Å². The van der Waals surface area contributed by atoms with Gasteiger partial charge in [-0.15, -0.1) is 0 Å². The number of pyridine rings is 1. The third-order valence-corrected chi connectivity index (χ3v) is 2.39. The summed E-state index contributed by atoms with van der Waals surface area (Å²) < 4.78 is 5.59. The van der Waals surface area contributed by atoms with Gasteiger partial charge in [0.25, 0.3) is 0 Å². The van der Waals surface area contributed by atoms with Gasteiger partial charge in [0, 0.05) is 6.20 Å². The standard InChI is InChI=1S/C9H10ClNO/c10-8-4-5-11-6-9(8)12-7-2-1-3-7/h4-7H,1-3H2. The molecule has 64 valence electrons. The van der Waals surface area contributed by atoms with Crippen molar-refractivity contribution in [3.05, 3.63) is 23.5 Å². The van der Waals surface area contributed by atoms with E-state index < -0.39 is 0 Å². The molecule has 1 saturated carbocycles. The van der Waals surface area contributed by atoms with Crippen molar-refractivity contribution in [2.45, 2.75) is 25.4 Å². The molecule has 0 atom stereocenters. The van der Waals surface area contributed by atoms with Crippen molar-refractivity contribution in [3.63, 3.8) is 0 Å². The molecule has 0 aromatic carbocycles. The molecule has 1 fully saturated rings. The van der Waals surface area contributed by atoms with Crippen LogP contribution in [0.2, 0.25) is 5.02 Å². The maximum atomic E-state index is 5.88. The highest BCUT2D eigenvalue weighted by atomic mass is 35.5. The molecule has 0 N–H and O–H groups in total. The largest absolute Gasteiger partial charge is 0.487 e. The summed E-state index contributed by atoms with van der Waals surface area (Å²) in [5.41, 5.74) is 0. The van der Waals surface area contributed by atoms with E-state index in [9.17, 15) is 0 Å². The molecule has 2 nitrogen and oxygen atoms in total. The van der Waals surface area contributed by atoms with Crippen LogP contribution < -0.4 is 4.74 Å². The molecular formula is C9H10ClNO. The summed E-state index contributed by atoms with van der Waals surface area (Å²) in [6, 6.07) is 1.75. The highest BCUT2D eigenvalue weighted by Gasteiger charge is 2.19. The number of rotatable bonds is 2. The van der Waals surface area contributed by atoms with Crippen LogP contribution in [0.3, 0.4) is 0 Å². The minimum atomic E-state index is 0.367. The fourth-order valence-corrected chi connectivity index (χ4v) is 1.27. The Bertz CT molecular complexity index is 273. The van der Waals surface area contributed by atoms with Gasteiger partial charge in [0.15, 0.2) is 5.75 Å². The molecule has 1 aliphatic rings. The van der Waals surface area contributed by atoms with Gasteiger partial charge in [0.05, 0.1) is 17.3 Å². The van der Waals surface area contributed by atoms with Gasteiger partial charge in [0.1, 0.15) is 0 Å². The Morgan fingerprint density at radius 1 is 1.50 bits per heavy atom. The molecule has 2 rings (SSSR count). The normalized spacial score (nSPS) is 17.1. The van der Waals surface area contributed by atoms with Crippen LogP contribution >= 0.6 is 11.6 Å². The van der Waals surface area contributed by atoms with Crippen molar-refractivity contribution in [1.82, 2.24) is 4.98 Å². The fraction of sp³-hybridized carbons (Fsp3) is 0.444. The lowest BCUT2D eigenvalue weighted by molar-refractivity contribution is 0.120. The van der Waals surface area contributed by atoms with Crippen LogP contribution in [-0.2, 0) is 0 Å². The summed E-state index contributed by atoms with van der Waals surface area (Å²) in [5, 5.41) is 0.650. The van der Waals surface area contributed by atoms with Gasteiger partial charge in [0.2, 0.25) is 0 Å². The molecule has 1 aromatic heterocycles. The average molecular weight is 184 g/mol. The quantitative estimate of drug-likeness (QED) is 0.704. The van der Waals surface area contributed by atoms with Crippen LogP contribution in [0.25, 0.3) is 0 Å². The number of hydrogen-bond donors (Lipinski definition) is 0. The summed E-state index contributed by atoms with van der Waals surface area (Å²) in [5.74, 6) is 0.712. The van der Waals surface area contributed by atoms with E-state index in [0.717, 1.165) is 12.8 Å². The molecule has 0 bridgehead atoms. The van der Waals surface area contributed by atoms with Crippen molar-refractivity contribution in [3.8, 4) is 5.75 Å². The smallest absolute Gasteiger partial charge is 0.156 e. The molecule has 0 saturated heterocycles. The number of halogens is 1. The number of aromatic nitrogens is 1. The monoisotopic (exact) mass is 183 g/mol. The van der Waals surface area contributed by atoms with E-state index in [1.807, 2.05) is 0 Å². The second-order valence-electron chi connectivity index (χ2n) is 2.98. The minimum absolute atomic E-state index is 0.367. The Balaban J connectivity index is 2.06. The maximum absolute atomic E-state index is 5.88. The van der Waals surface area contributed by atoms with Gasteiger partial charge < -0.3 is 4.74 Å². The van der Waals surface area contributed by atoms with E-state index in [2.05, 4.69) is 4.98 Å². The zero-order chi connectivity index (χ0) is 8.39. The predicted molar refractivity (Wildman–Crippen MR) is 47.5 cm³/mol. The number of nitrogens with zero attached hydrogens (tertiary/aromatic N) is 1. The lowest BCUT2D eigenvalue weighted by Crippen LogP contribution is -2.24. The van der Waals surface area contributed by atoms with Crippen molar-refractivity contribution in [2.75, 3.05) is 0 Å². The van der Waals surface area contributed by atoms with Crippen LogP contribution in [0.4, 0.5) is 0 Å². The third-order valence-electron chi connectivity index (χ3n) is 2.08. The van der Waals surface area contributed by atoms with Crippen molar-refractivity contribution >= 4 is 11.6 Å². The van der Waals surface area contributed by atoms with E-state index in [4.69, 9.17) is 16.3 Å². The Morgan fingerprint density at radius 2 is 2.33 bits per heavy atom. The summed E-state index contributed by atoms with van der Waals surface area (Å²) in [7, 11) is 0. The second kappa shape index (κ2) is 3.31. The Morgan fingerprint density at radius 3 is 2.92 bits per heavy atom. The van der Waals surface area contributed by atoms with Gasteiger partial charge in [-0.3, -0.25) is 4.98 Å². The molecule has 1 aliphatic carbocycles. The fourth-order valence-electron chi connectivity index (χ4n) is 1.12. The lowest BCUT2D eigenvalue weighted by Gasteiger charge is -2.26. The molecule has 0 amide bonds. The van der Waals surface area contributed by atoms with Crippen molar-refractivity contribution in [2.24, 2.45) is 0 Å². The topological polar surface area (TPSA) is 22.1 Å². The summed E-state index contributed by atoms with van der Waals surface area (Å²) >= 11 is 5.88. The molecule has 1 aromatic rings. The first-order chi connectivity index (χ1) is 5.86. The van der Waals surface area contributed by atoms with Gasteiger partial charge in [-0.1, -0.05) is 11.6 Å². The molecule has 0 radical (unpaired) electrons. The predicted octanol–water partition coefficient (Wildman–Crippen LogP) is 2.67. The molecule has 1 heterocycles. The van der Waals surface area contributed by atoms with Crippen molar-refractivity contribution < 1.29 is 4.74 Å². The second-order valence-corrected chi connectivity index (χ2v) is 3.38. The lowest BCUT2D eigenvalue weighted by atomic mass is 9.96. The molecule has 0 unspecified atom stereocenters. The molecule has 12 heavy (non-hydrogen) atoms. The first kappa shape index (κ1) is 7.87. The minimum Gasteiger partial charge on any atom is -0.487 e. The zero-order valence-electron chi connectivity index (χ0n) is 6.66. The number of hydrogen-bond acceptors (Lipinski definition) is 2. The first-order valence-corrected chi connectivity index (χ1v) is 4.50. The first-order valence-electron chi connectivity index (χ1n) is 4.12. The summed E-state index contributed by atoms with van der Waals surface area (Å²) in [6.45, 7) is 0. The highest BCUT2D eigenvalue weighted by molar-refractivity contribution is 6.31. The molecule has 0 aliphatic heterocycles. The van der Waals surface area contributed by atoms with Crippen molar-refractivity contribution in [1.29, 1.82) is 0 Å². The van der Waals surface area contributed by atoms with Crippen LogP contribution in [0, 0.1) is 0 Å². The van der Waals surface area contributed by atoms with Crippen LogP contribution in [0.5, 0.6) is 5.75 Å². The van der Waals surface area contributed by atoms with Gasteiger partial charge >= 0.3 is 0 Å².